The molecule has 0 spiro atoms. The summed E-state index contributed by atoms with van der Waals surface area (Å²) in [7, 11) is 0. The highest BCUT2D eigenvalue weighted by molar-refractivity contribution is 5.76. The second-order valence-corrected chi connectivity index (χ2v) is 15.1. The van der Waals surface area contributed by atoms with E-state index in [1.165, 1.54) is 135 Å². The van der Waals surface area contributed by atoms with Crippen LogP contribution in [0.3, 0.4) is 0 Å². The van der Waals surface area contributed by atoms with Gasteiger partial charge in [0, 0.05) is 6.42 Å². The van der Waals surface area contributed by atoms with Crippen LogP contribution < -0.4 is 5.32 Å². The predicted octanol–water partition coefficient (Wildman–Crippen LogP) is 8.17. The molecule has 0 unspecified atom stereocenters. The predicted molar refractivity (Wildman–Crippen MR) is 207 cm³/mol. The van der Waals surface area contributed by atoms with Gasteiger partial charge in [0.2, 0.25) is 5.91 Å². The smallest absolute Gasteiger partial charge is 0.220 e. The first-order valence-electron chi connectivity index (χ1n) is 21.4. The SMILES string of the molecule is CCCCCCCCCCCCCC=C[C@@H](O)[C@H](CO[C@H]1O[C@H](CO)[C@H](O)[C@H](O)[C@H]1O)NC(=O)CCCCCCCCCCCCCCCCC. The molecule has 1 saturated heterocycles. The molecular formula is C42H81NO8. The van der Waals surface area contributed by atoms with Crippen LogP contribution in [0.4, 0.5) is 0 Å². The fourth-order valence-electron chi connectivity index (χ4n) is 6.86. The fourth-order valence-corrected chi connectivity index (χ4v) is 6.86. The summed E-state index contributed by atoms with van der Waals surface area (Å²) in [5.74, 6) is -0.176. The van der Waals surface area contributed by atoms with Crippen molar-refractivity contribution in [2.45, 2.75) is 236 Å². The summed E-state index contributed by atoms with van der Waals surface area (Å²) in [6.45, 7) is 3.76. The van der Waals surface area contributed by atoms with Crippen LogP contribution in [0.15, 0.2) is 12.2 Å². The van der Waals surface area contributed by atoms with Crippen LogP contribution in [0.25, 0.3) is 0 Å². The average molecular weight is 728 g/mol. The highest BCUT2D eigenvalue weighted by atomic mass is 16.7. The van der Waals surface area contributed by atoms with Crippen molar-refractivity contribution in [2.75, 3.05) is 13.2 Å². The van der Waals surface area contributed by atoms with E-state index in [1.54, 1.807) is 6.08 Å². The van der Waals surface area contributed by atoms with E-state index < -0.39 is 49.5 Å². The molecule has 51 heavy (non-hydrogen) atoms. The number of hydrogen-bond acceptors (Lipinski definition) is 8. The summed E-state index contributed by atoms with van der Waals surface area (Å²) in [6, 6.07) is -0.796. The number of allylic oxidation sites excluding steroid dienone is 1. The lowest BCUT2D eigenvalue weighted by atomic mass is 9.99. The van der Waals surface area contributed by atoms with E-state index in [1.807, 2.05) is 6.08 Å². The quantitative estimate of drug-likeness (QED) is 0.0283. The Morgan fingerprint density at radius 1 is 0.647 bits per heavy atom. The molecule has 0 aromatic rings. The van der Waals surface area contributed by atoms with Crippen molar-refractivity contribution in [3.05, 3.63) is 12.2 Å². The van der Waals surface area contributed by atoms with Gasteiger partial charge in [-0.25, -0.2) is 0 Å². The fraction of sp³-hybridized carbons (Fsp3) is 0.929. The number of ether oxygens (including phenoxy) is 2. The van der Waals surface area contributed by atoms with Crippen molar-refractivity contribution in [1.29, 1.82) is 0 Å². The zero-order valence-corrected chi connectivity index (χ0v) is 32.9. The Hall–Kier alpha value is -1.07. The lowest BCUT2D eigenvalue weighted by molar-refractivity contribution is -0.302. The summed E-state index contributed by atoms with van der Waals surface area (Å²) >= 11 is 0. The molecule has 7 atom stereocenters. The van der Waals surface area contributed by atoms with Gasteiger partial charge in [-0.1, -0.05) is 180 Å². The Morgan fingerprint density at radius 3 is 1.53 bits per heavy atom. The molecule has 9 heteroatoms. The molecule has 1 aliphatic rings. The van der Waals surface area contributed by atoms with Crippen molar-refractivity contribution in [2.24, 2.45) is 0 Å². The second-order valence-electron chi connectivity index (χ2n) is 15.1. The molecule has 0 saturated carbocycles. The molecule has 1 aliphatic heterocycles. The van der Waals surface area contributed by atoms with E-state index >= 15 is 0 Å². The molecule has 1 fully saturated rings. The summed E-state index contributed by atoms with van der Waals surface area (Å²) in [5, 5.41) is 54.0. The van der Waals surface area contributed by atoms with E-state index in [-0.39, 0.29) is 12.5 Å². The lowest BCUT2D eigenvalue weighted by Crippen LogP contribution is -2.60. The third kappa shape index (κ3) is 24.8. The Morgan fingerprint density at radius 2 is 1.08 bits per heavy atom. The Kier molecular flexibility index (Phi) is 31.5. The van der Waals surface area contributed by atoms with Crippen LogP contribution >= 0.6 is 0 Å². The minimum atomic E-state index is -1.56. The van der Waals surface area contributed by atoms with Crippen LogP contribution in [0.2, 0.25) is 0 Å². The zero-order valence-electron chi connectivity index (χ0n) is 32.9. The van der Waals surface area contributed by atoms with Gasteiger partial charge < -0.3 is 40.3 Å². The molecule has 0 aromatic carbocycles. The first-order chi connectivity index (χ1) is 24.8. The molecule has 1 heterocycles. The molecular weight excluding hydrogens is 646 g/mol. The largest absolute Gasteiger partial charge is 0.394 e. The van der Waals surface area contributed by atoms with E-state index in [4.69, 9.17) is 9.47 Å². The van der Waals surface area contributed by atoms with Gasteiger partial charge in [0.15, 0.2) is 6.29 Å². The van der Waals surface area contributed by atoms with Crippen LogP contribution in [0.1, 0.15) is 194 Å². The monoisotopic (exact) mass is 728 g/mol. The van der Waals surface area contributed by atoms with Gasteiger partial charge in [-0.3, -0.25) is 4.79 Å². The number of rotatable bonds is 35. The number of carbonyl (C=O) groups is 1. The Labute approximate surface area is 312 Å². The van der Waals surface area contributed by atoms with Crippen LogP contribution in [-0.2, 0) is 14.3 Å². The van der Waals surface area contributed by atoms with Gasteiger partial charge in [-0.2, -0.15) is 0 Å². The molecule has 0 aliphatic carbocycles. The molecule has 6 N–H and O–H groups in total. The van der Waals surface area contributed by atoms with Crippen molar-refractivity contribution in [1.82, 2.24) is 5.32 Å². The van der Waals surface area contributed by atoms with Crippen molar-refractivity contribution >= 4 is 5.91 Å². The second kappa shape index (κ2) is 33.5. The number of unbranched alkanes of at least 4 members (excludes halogenated alkanes) is 25. The Balaban J connectivity index is 2.39. The standard InChI is InChI=1S/C42H81NO8/c1-3-5-7-9-11-13-15-17-18-20-22-24-26-28-30-32-38(46)43-35(34-50-42-41(49)40(48)39(47)37(33-44)51-42)36(45)31-29-27-25-23-21-19-16-14-12-10-8-6-4-2/h29,31,35-37,39-42,44-45,47-49H,3-28,30,32-34H2,1-2H3,(H,43,46)/t35-,36+,37+,39-,40-,41+,42-/m0/s1. The number of aliphatic hydroxyl groups excluding tert-OH is 5. The summed E-state index contributed by atoms with van der Waals surface area (Å²) in [5.41, 5.74) is 0. The van der Waals surface area contributed by atoms with Gasteiger partial charge in [0.1, 0.15) is 24.4 Å². The van der Waals surface area contributed by atoms with Gasteiger partial charge in [-0.05, 0) is 19.3 Å². The number of nitrogens with one attached hydrogen (secondary N) is 1. The maximum atomic E-state index is 12.9. The maximum Gasteiger partial charge on any atom is 0.220 e. The van der Waals surface area contributed by atoms with E-state index in [0.717, 1.165) is 38.5 Å². The molecule has 302 valence electrons. The van der Waals surface area contributed by atoms with Crippen molar-refractivity contribution < 1.29 is 39.8 Å². The third-order valence-electron chi connectivity index (χ3n) is 10.4. The van der Waals surface area contributed by atoms with Crippen molar-refractivity contribution in [3.8, 4) is 0 Å². The first-order valence-corrected chi connectivity index (χ1v) is 21.4. The van der Waals surface area contributed by atoms with Crippen LogP contribution in [0, 0.1) is 0 Å². The number of amides is 1. The minimum absolute atomic E-state index is 0.176. The maximum absolute atomic E-state index is 12.9. The molecule has 0 radical (unpaired) electrons. The van der Waals surface area contributed by atoms with Crippen molar-refractivity contribution in [3.63, 3.8) is 0 Å². The Bertz CT molecular complexity index is 812. The van der Waals surface area contributed by atoms with Gasteiger partial charge in [0.25, 0.3) is 0 Å². The summed E-state index contributed by atoms with van der Waals surface area (Å²) in [6.07, 6.45) is 29.6. The zero-order chi connectivity index (χ0) is 37.4. The van der Waals surface area contributed by atoms with E-state index in [0.29, 0.717) is 6.42 Å². The summed E-state index contributed by atoms with van der Waals surface area (Å²) in [4.78, 5) is 12.9. The van der Waals surface area contributed by atoms with Gasteiger partial charge in [-0.15, -0.1) is 0 Å². The summed E-state index contributed by atoms with van der Waals surface area (Å²) < 4.78 is 11.2. The minimum Gasteiger partial charge on any atom is -0.394 e. The molecule has 1 amide bonds. The lowest BCUT2D eigenvalue weighted by Gasteiger charge is -2.40. The van der Waals surface area contributed by atoms with Gasteiger partial charge in [0.05, 0.1) is 25.4 Å². The molecule has 9 nitrogen and oxygen atoms in total. The number of aliphatic hydroxyl groups is 5. The molecule has 1 rings (SSSR count). The first kappa shape index (κ1) is 48.0. The van der Waals surface area contributed by atoms with Crippen LogP contribution in [0.5, 0.6) is 0 Å². The third-order valence-corrected chi connectivity index (χ3v) is 10.4. The topological polar surface area (TPSA) is 149 Å². The van der Waals surface area contributed by atoms with Crippen LogP contribution in [-0.4, -0.2) is 87.5 Å². The highest BCUT2D eigenvalue weighted by Gasteiger charge is 2.44. The highest BCUT2D eigenvalue weighted by Crippen LogP contribution is 2.22. The normalized spacial score (nSPS) is 22.1. The van der Waals surface area contributed by atoms with Gasteiger partial charge >= 0.3 is 0 Å². The average Bonchev–Trinajstić information content (AvgIpc) is 3.13. The molecule has 0 bridgehead atoms. The van der Waals surface area contributed by atoms with E-state index in [2.05, 4.69) is 19.2 Å². The van der Waals surface area contributed by atoms with E-state index in [9.17, 15) is 30.3 Å². The molecule has 0 aromatic heterocycles. The number of carbonyl (C=O) groups excluding carboxylic acids is 1. The number of hydrogen-bond donors (Lipinski definition) is 6.